The molecule has 158 valence electrons. The molecule has 2 amide bonds. The second-order valence-electron chi connectivity index (χ2n) is 6.36. The summed E-state index contributed by atoms with van der Waals surface area (Å²) in [7, 11) is 1.58. The highest BCUT2D eigenvalue weighted by atomic mass is 32.1. The third-order valence-electron chi connectivity index (χ3n) is 4.23. The largest absolute Gasteiger partial charge is 0.493 e. The summed E-state index contributed by atoms with van der Waals surface area (Å²) in [6.07, 6.45) is 1.58. The number of carbonyl (C=O) groups is 2. The SMILES string of the molecule is CCOc1ccc(CNC(=O)Cc2csc(NC(=O)c3ccoc3C)n2)cc1OC. The monoisotopic (exact) mass is 429 g/mol. The molecule has 3 rings (SSSR count). The molecule has 9 heteroatoms. The Balaban J connectivity index is 1.52. The van der Waals surface area contributed by atoms with E-state index in [2.05, 4.69) is 15.6 Å². The van der Waals surface area contributed by atoms with Gasteiger partial charge in [-0.2, -0.15) is 0 Å². The van der Waals surface area contributed by atoms with Gasteiger partial charge in [-0.15, -0.1) is 11.3 Å². The van der Waals surface area contributed by atoms with Crippen LogP contribution < -0.4 is 20.1 Å². The number of thiazole rings is 1. The van der Waals surface area contributed by atoms with E-state index in [9.17, 15) is 9.59 Å². The Morgan fingerprint density at radius 2 is 2.07 bits per heavy atom. The van der Waals surface area contributed by atoms with Crippen LogP contribution in [0, 0.1) is 6.92 Å². The zero-order valence-corrected chi connectivity index (χ0v) is 17.8. The summed E-state index contributed by atoms with van der Waals surface area (Å²) in [5, 5.41) is 7.75. The van der Waals surface area contributed by atoms with Crippen molar-refractivity contribution in [3.05, 3.63) is 58.5 Å². The number of anilines is 1. The van der Waals surface area contributed by atoms with Crippen molar-refractivity contribution in [3.63, 3.8) is 0 Å². The maximum absolute atomic E-state index is 12.3. The number of rotatable bonds is 9. The van der Waals surface area contributed by atoms with Crippen LogP contribution in [0.1, 0.15) is 34.3 Å². The molecule has 2 aromatic heterocycles. The van der Waals surface area contributed by atoms with Crippen molar-refractivity contribution in [1.29, 1.82) is 0 Å². The molecule has 30 heavy (non-hydrogen) atoms. The summed E-state index contributed by atoms with van der Waals surface area (Å²) in [6.45, 7) is 4.52. The van der Waals surface area contributed by atoms with Crippen LogP contribution in [0.4, 0.5) is 5.13 Å². The highest BCUT2D eigenvalue weighted by Gasteiger charge is 2.14. The maximum atomic E-state index is 12.3. The van der Waals surface area contributed by atoms with Gasteiger partial charge in [0.05, 0.1) is 37.7 Å². The Morgan fingerprint density at radius 1 is 1.23 bits per heavy atom. The standard InChI is InChI=1S/C21H23N3O5S/c1-4-28-17-6-5-14(9-18(17)27-3)11-22-19(25)10-15-12-30-21(23-15)24-20(26)16-7-8-29-13(16)2/h5-9,12H,4,10-11H2,1-3H3,(H,22,25)(H,23,24,26). The molecule has 0 atom stereocenters. The van der Waals surface area contributed by atoms with E-state index in [4.69, 9.17) is 13.9 Å². The van der Waals surface area contributed by atoms with Gasteiger partial charge in [-0.05, 0) is 37.6 Å². The van der Waals surface area contributed by atoms with E-state index >= 15 is 0 Å². The number of furan rings is 1. The van der Waals surface area contributed by atoms with Crippen LogP contribution >= 0.6 is 11.3 Å². The van der Waals surface area contributed by atoms with Gasteiger partial charge in [-0.3, -0.25) is 14.9 Å². The van der Waals surface area contributed by atoms with E-state index in [1.165, 1.54) is 17.6 Å². The third-order valence-corrected chi connectivity index (χ3v) is 5.04. The molecule has 0 fully saturated rings. The first kappa shape index (κ1) is 21.4. The molecule has 0 radical (unpaired) electrons. The van der Waals surface area contributed by atoms with E-state index in [-0.39, 0.29) is 18.2 Å². The number of carbonyl (C=O) groups excluding carboxylic acids is 2. The summed E-state index contributed by atoms with van der Waals surface area (Å²) in [6, 6.07) is 7.13. The minimum absolute atomic E-state index is 0.116. The predicted octanol–water partition coefficient (Wildman–Crippen LogP) is 3.56. The van der Waals surface area contributed by atoms with Crippen LogP contribution in [-0.2, 0) is 17.8 Å². The maximum Gasteiger partial charge on any atom is 0.260 e. The zero-order chi connectivity index (χ0) is 21.5. The Morgan fingerprint density at radius 3 is 2.77 bits per heavy atom. The smallest absolute Gasteiger partial charge is 0.260 e. The second-order valence-corrected chi connectivity index (χ2v) is 7.22. The third kappa shape index (κ3) is 5.38. The second kappa shape index (κ2) is 9.93. The van der Waals surface area contributed by atoms with Gasteiger partial charge in [-0.25, -0.2) is 4.98 Å². The van der Waals surface area contributed by atoms with Gasteiger partial charge < -0.3 is 19.2 Å². The van der Waals surface area contributed by atoms with Crippen molar-refractivity contribution < 1.29 is 23.5 Å². The van der Waals surface area contributed by atoms with Crippen LogP contribution in [0.15, 0.2) is 40.3 Å². The number of aromatic nitrogens is 1. The summed E-state index contributed by atoms with van der Waals surface area (Å²) >= 11 is 1.26. The van der Waals surface area contributed by atoms with E-state index in [1.54, 1.807) is 25.5 Å². The van der Waals surface area contributed by atoms with Gasteiger partial charge in [0.15, 0.2) is 16.6 Å². The molecule has 0 unspecified atom stereocenters. The fraction of sp³-hybridized carbons (Fsp3) is 0.286. The summed E-state index contributed by atoms with van der Waals surface area (Å²) in [5.74, 6) is 1.36. The molecule has 2 heterocycles. The number of methoxy groups -OCH3 is 1. The lowest BCUT2D eigenvalue weighted by Gasteiger charge is -2.11. The van der Waals surface area contributed by atoms with Gasteiger partial charge in [0.1, 0.15) is 5.76 Å². The molecule has 8 nitrogen and oxygen atoms in total. The van der Waals surface area contributed by atoms with Crippen molar-refractivity contribution in [3.8, 4) is 11.5 Å². The average molecular weight is 429 g/mol. The summed E-state index contributed by atoms with van der Waals surface area (Å²) < 4.78 is 15.9. The summed E-state index contributed by atoms with van der Waals surface area (Å²) in [5.41, 5.74) is 1.93. The lowest BCUT2D eigenvalue weighted by molar-refractivity contribution is -0.120. The Bertz CT molecular complexity index is 1030. The molecular formula is C21H23N3O5S. The van der Waals surface area contributed by atoms with Crippen molar-refractivity contribution in [1.82, 2.24) is 10.3 Å². The number of nitrogens with one attached hydrogen (secondary N) is 2. The van der Waals surface area contributed by atoms with Crippen LogP contribution in [-0.4, -0.2) is 30.5 Å². The number of ether oxygens (including phenoxy) is 2. The minimum atomic E-state index is -0.295. The fourth-order valence-electron chi connectivity index (χ4n) is 2.75. The Hall–Kier alpha value is -3.33. The van der Waals surface area contributed by atoms with Crippen molar-refractivity contribution in [2.24, 2.45) is 0 Å². The molecule has 0 bridgehead atoms. The number of hydrogen-bond donors (Lipinski definition) is 2. The van der Waals surface area contributed by atoms with Crippen LogP contribution in [0.3, 0.4) is 0 Å². The van der Waals surface area contributed by atoms with Gasteiger partial charge in [0, 0.05) is 11.9 Å². The molecule has 0 aliphatic carbocycles. The fourth-order valence-corrected chi connectivity index (χ4v) is 3.46. The molecule has 2 N–H and O–H groups in total. The van der Waals surface area contributed by atoms with E-state index < -0.39 is 0 Å². The van der Waals surface area contributed by atoms with Crippen LogP contribution in [0.5, 0.6) is 11.5 Å². The molecule has 0 aliphatic rings. The molecule has 0 saturated heterocycles. The number of hydrogen-bond acceptors (Lipinski definition) is 7. The quantitative estimate of drug-likeness (QED) is 0.539. The predicted molar refractivity (Wildman–Crippen MR) is 113 cm³/mol. The highest BCUT2D eigenvalue weighted by Crippen LogP contribution is 2.28. The van der Waals surface area contributed by atoms with Crippen LogP contribution in [0.25, 0.3) is 0 Å². The van der Waals surface area contributed by atoms with Gasteiger partial charge in [0.25, 0.3) is 5.91 Å². The number of benzene rings is 1. The van der Waals surface area contributed by atoms with Crippen molar-refractivity contribution in [2.45, 2.75) is 26.8 Å². The van der Waals surface area contributed by atoms with Gasteiger partial charge in [-0.1, -0.05) is 6.07 Å². The molecule has 0 spiro atoms. The lowest BCUT2D eigenvalue weighted by atomic mass is 10.2. The Kier molecular flexibility index (Phi) is 7.08. The van der Waals surface area contributed by atoms with Gasteiger partial charge in [0.2, 0.25) is 5.91 Å². The lowest BCUT2D eigenvalue weighted by Crippen LogP contribution is -2.24. The van der Waals surface area contributed by atoms with E-state index in [0.717, 1.165) is 5.56 Å². The minimum Gasteiger partial charge on any atom is -0.493 e. The van der Waals surface area contributed by atoms with E-state index in [1.807, 2.05) is 25.1 Å². The topological polar surface area (TPSA) is 103 Å². The first-order valence-corrected chi connectivity index (χ1v) is 10.2. The first-order chi connectivity index (χ1) is 14.5. The molecule has 3 aromatic rings. The number of amides is 2. The van der Waals surface area contributed by atoms with Gasteiger partial charge >= 0.3 is 0 Å². The molecular weight excluding hydrogens is 406 g/mol. The zero-order valence-electron chi connectivity index (χ0n) is 17.0. The average Bonchev–Trinajstić information content (AvgIpc) is 3.36. The van der Waals surface area contributed by atoms with Crippen LogP contribution in [0.2, 0.25) is 0 Å². The first-order valence-electron chi connectivity index (χ1n) is 9.36. The molecule has 0 aliphatic heterocycles. The highest BCUT2D eigenvalue weighted by molar-refractivity contribution is 7.14. The Labute approximate surface area is 178 Å². The number of aryl methyl sites for hydroxylation is 1. The number of nitrogens with zero attached hydrogens (tertiary/aromatic N) is 1. The van der Waals surface area contributed by atoms with Crippen molar-refractivity contribution in [2.75, 3.05) is 19.0 Å². The normalized spacial score (nSPS) is 10.5. The van der Waals surface area contributed by atoms with Crippen molar-refractivity contribution >= 4 is 28.3 Å². The van der Waals surface area contributed by atoms with E-state index in [0.29, 0.717) is 46.8 Å². The molecule has 1 aromatic carbocycles. The summed E-state index contributed by atoms with van der Waals surface area (Å²) in [4.78, 5) is 28.8. The molecule has 0 saturated carbocycles.